The Hall–Kier alpha value is -1.36. The van der Waals surface area contributed by atoms with Crippen LogP contribution in [0, 0.1) is 5.92 Å². The lowest BCUT2D eigenvalue weighted by Gasteiger charge is -2.08. The fourth-order valence-electron chi connectivity index (χ4n) is 1.29. The number of aromatic amines is 1. The molecule has 0 aromatic carbocycles. The Morgan fingerprint density at radius 1 is 1.56 bits per heavy atom. The molecule has 0 saturated carbocycles. The van der Waals surface area contributed by atoms with Crippen LogP contribution in [0.5, 0.6) is 0 Å². The first-order valence-electron chi connectivity index (χ1n) is 5.45. The van der Waals surface area contributed by atoms with Crippen LogP contribution in [-0.4, -0.2) is 23.6 Å². The fourth-order valence-corrected chi connectivity index (χ4v) is 1.29. The normalized spacial score (nSPS) is 10.8. The quantitative estimate of drug-likeness (QED) is 0.767. The maximum Gasteiger partial charge on any atom is 0.252 e. The Labute approximate surface area is 95.3 Å². The Bertz CT molecular complexity index is 374. The number of hydrogen-bond acceptors (Lipinski definition) is 4. The van der Waals surface area contributed by atoms with Crippen molar-refractivity contribution in [2.24, 2.45) is 5.92 Å². The molecule has 5 heteroatoms. The molecule has 1 aromatic rings. The molecule has 0 unspecified atom stereocenters. The molecule has 2 N–H and O–H groups in total. The predicted molar refractivity (Wildman–Crippen MR) is 63.5 cm³/mol. The molecule has 0 bridgehead atoms. The van der Waals surface area contributed by atoms with Gasteiger partial charge in [0.25, 0.3) is 5.56 Å². The second-order valence-electron chi connectivity index (χ2n) is 4.13. The number of hydrogen-bond donors (Lipinski definition) is 2. The zero-order valence-corrected chi connectivity index (χ0v) is 10.0. The molecule has 16 heavy (non-hydrogen) atoms. The SMILES string of the molecule is COCc1cc(=O)[nH]c(NCCC(C)C)n1. The summed E-state index contributed by atoms with van der Waals surface area (Å²) in [6.45, 7) is 5.46. The molecule has 0 aliphatic heterocycles. The molecule has 0 atom stereocenters. The predicted octanol–water partition coefficient (Wildman–Crippen LogP) is 1.37. The molecule has 5 nitrogen and oxygen atoms in total. The molecule has 0 fully saturated rings. The molecule has 0 aliphatic carbocycles. The Morgan fingerprint density at radius 2 is 2.31 bits per heavy atom. The lowest BCUT2D eigenvalue weighted by Crippen LogP contribution is -2.15. The van der Waals surface area contributed by atoms with E-state index in [2.05, 4.69) is 29.1 Å². The highest BCUT2D eigenvalue weighted by Crippen LogP contribution is 2.02. The minimum absolute atomic E-state index is 0.158. The van der Waals surface area contributed by atoms with Crippen LogP contribution >= 0.6 is 0 Å². The van der Waals surface area contributed by atoms with E-state index in [-0.39, 0.29) is 5.56 Å². The number of methoxy groups -OCH3 is 1. The van der Waals surface area contributed by atoms with Crippen LogP contribution in [0.15, 0.2) is 10.9 Å². The van der Waals surface area contributed by atoms with Crippen molar-refractivity contribution in [3.63, 3.8) is 0 Å². The molecule has 1 rings (SSSR count). The molecule has 0 radical (unpaired) electrons. The average Bonchev–Trinajstić information content (AvgIpc) is 2.16. The van der Waals surface area contributed by atoms with Crippen molar-refractivity contribution in [2.45, 2.75) is 26.9 Å². The highest BCUT2D eigenvalue weighted by Gasteiger charge is 2.01. The first-order valence-corrected chi connectivity index (χ1v) is 5.45. The number of anilines is 1. The van der Waals surface area contributed by atoms with E-state index >= 15 is 0 Å². The van der Waals surface area contributed by atoms with Crippen molar-refractivity contribution in [3.8, 4) is 0 Å². The van der Waals surface area contributed by atoms with Crippen molar-refractivity contribution < 1.29 is 4.74 Å². The van der Waals surface area contributed by atoms with E-state index in [0.29, 0.717) is 24.2 Å². The molecule has 1 heterocycles. The van der Waals surface area contributed by atoms with E-state index in [0.717, 1.165) is 13.0 Å². The molecule has 0 amide bonds. The largest absolute Gasteiger partial charge is 0.378 e. The van der Waals surface area contributed by atoms with E-state index in [1.807, 2.05) is 0 Å². The third-order valence-corrected chi connectivity index (χ3v) is 2.10. The van der Waals surface area contributed by atoms with Crippen LogP contribution < -0.4 is 10.9 Å². The van der Waals surface area contributed by atoms with Gasteiger partial charge < -0.3 is 10.1 Å². The summed E-state index contributed by atoms with van der Waals surface area (Å²) in [5.74, 6) is 1.14. The third-order valence-electron chi connectivity index (χ3n) is 2.10. The van der Waals surface area contributed by atoms with Crippen LogP contribution in [0.3, 0.4) is 0 Å². The molecule has 0 aliphatic rings. The average molecular weight is 225 g/mol. The molecule has 1 aromatic heterocycles. The van der Waals surface area contributed by atoms with Crippen LogP contribution in [0.25, 0.3) is 0 Å². The molecular formula is C11H19N3O2. The zero-order chi connectivity index (χ0) is 12.0. The lowest BCUT2D eigenvalue weighted by molar-refractivity contribution is 0.181. The van der Waals surface area contributed by atoms with Gasteiger partial charge in [-0.25, -0.2) is 4.98 Å². The third kappa shape index (κ3) is 4.44. The van der Waals surface area contributed by atoms with Crippen molar-refractivity contribution in [3.05, 3.63) is 22.1 Å². The van der Waals surface area contributed by atoms with Gasteiger partial charge in [-0.05, 0) is 12.3 Å². The summed E-state index contributed by atoms with van der Waals surface area (Å²) < 4.78 is 4.94. The highest BCUT2D eigenvalue weighted by molar-refractivity contribution is 5.24. The number of H-pyrrole nitrogens is 1. The standard InChI is InChI=1S/C11H19N3O2/c1-8(2)4-5-12-11-13-9(7-16-3)6-10(15)14-11/h6,8H,4-5,7H2,1-3H3,(H2,12,13,14,15). The maximum atomic E-state index is 11.3. The van der Waals surface area contributed by atoms with Gasteiger partial charge in [0.2, 0.25) is 5.95 Å². The molecule has 0 spiro atoms. The fraction of sp³-hybridized carbons (Fsp3) is 0.636. The van der Waals surface area contributed by atoms with Gasteiger partial charge in [-0.15, -0.1) is 0 Å². The van der Waals surface area contributed by atoms with Crippen LogP contribution in [0.4, 0.5) is 5.95 Å². The smallest absolute Gasteiger partial charge is 0.252 e. The van der Waals surface area contributed by atoms with E-state index < -0.39 is 0 Å². The number of nitrogens with zero attached hydrogens (tertiary/aromatic N) is 1. The van der Waals surface area contributed by atoms with E-state index in [1.165, 1.54) is 6.07 Å². The van der Waals surface area contributed by atoms with E-state index in [1.54, 1.807) is 7.11 Å². The summed E-state index contributed by atoms with van der Waals surface area (Å²) in [6, 6.07) is 1.44. The summed E-state index contributed by atoms with van der Waals surface area (Å²) in [5.41, 5.74) is 0.479. The maximum absolute atomic E-state index is 11.3. The second kappa shape index (κ2) is 6.27. The minimum Gasteiger partial charge on any atom is -0.378 e. The van der Waals surface area contributed by atoms with Gasteiger partial charge in [0.15, 0.2) is 0 Å². The van der Waals surface area contributed by atoms with Crippen LogP contribution in [-0.2, 0) is 11.3 Å². The Morgan fingerprint density at radius 3 is 2.94 bits per heavy atom. The summed E-state index contributed by atoms with van der Waals surface area (Å²) in [5, 5.41) is 3.09. The van der Waals surface area contributed by atoms with Gasteiger partial charge in [-0.2, -0.15) is 0 Å². The number of rotatable bonds is 6. The molecule has 90 valence electrons. The first-order chi connectivity index (χ1) is 7.61. The van der Waals surface area contributed by atoms with Crippen LogP contribution in [0.2, 0.25) is 0 Å². The molecule has 0 saturated heterocycles. The van der Waals surface area contributed by atoms with Gasteiger partial charge >= 0.3 is 0 Å². The topological polar surface area (TPSA) is 67.0 Å². The van der Waals surface area contributed by atoms with Gasteiger partial charge in [-0.3, -0.25) is 9.78 Å². The summed E-state index contributed by atoms with van der Waals surface area (Å²) in [7, 11) is 1.58. The van der Waals surface area contributed by atoms with Gasteiger partial charge in [0.05, 0.1) is 12.3 Å². The van der Waals surface area contributed by atoms with Crippen LogP contribution in [0.1, 0.15) is 26.0 Å². The number of aromatic nitrogens is 2. The highest BCUT2D eigenvalue weighted by atomic mass is 16.5. The summed E-state index contributed by atoms with van der Waals surface area (Å²) in [6.07, 6.45) is 1.04. The second-order valence-corrected chi connectivity index (χ2v) is 4.13. The minimum atomic E-state index is -0.158. The van der Waals surface area contributed by atoms with Gasteiger partial charge in [0.1, 0.15) is 0 Å². The number of nitrogens with one attached hydrogen (secondary N) is 2. The Kier molecular flexibility index (Phi) is 4.98. The van der Waals surface area contributed by atoms with Crippen molar-refractivity contribution in [1.29, 1.82) is 0 Å². The van der Waals surface area contributed by atoms with E-state index in [4.69, 9.17) is 4.74 Å². The zero-order valence-electron chi connectivity index (χ0n) is 10.0. The summed E-state index contributed by atoms with van der Waals surface area (Å²) >= 11 is 0. The summed E-state index contributed by atoms with van der Waals surface area (Å²) in [4.78, 5) is 18.2. The lowest BCUT2D eigenvalue weighted by atomic mass is 10.1. The van der Waals surface area contributed by atoms with Crippen molar-refractivity contribution in [2.75, 3.05) is 19.0 Å². The van der Waals surface area contributed by atoms with Crippen molar-refractivity contribution >= 4 is 5.95 Å². The van der Waals surface area contributed by atoms with Crippen molar-refractivity contribution in [1.82, 2.24) is 9.97 Å². The Balaban J connectivity index is 2.61. The van der Waals surface area contributed by atoms with E-state index in [9.17, 15) is 4.79 Å². The number of ether oxygens (including phenoxy) is 1. The molecular weight excluding hydrogens is 206 g/mol. The van der Waals surface area contributed by atoms with Gasteiger partial charge in [-0.1, -0.05) is 13.8 Å². The monoisotopic (exact) mass is 225 g/mol. The first kappa shape index (κ1) is 12.7. The van der Waals surface area contributed by atoms with Gasteiger partial charge in [0, 0.05) is 19.7 Å².